The van der Waals surface area contributed by atoms with E-state index in [4.69, 9.17) is 4.74 Å². The zero-order chi connectivity index (χ0) is 21.4. The number of hydrogen-bond donors (Lipinski definition) is 1. The van der Waals surface area contributed by atoms with E-state index in [0.717, 1.165) is 36.3 Å². The first-order chi connectivity index (χ1) is 14.4. The highest BCUT2D eigenvalue weighted by Crippen LogP contribution is 2.43. The van der Waals surface area contributed by atoms with Crippen LogP contribution in [0.5, 0.6) is 5.75 Å². The molecule has 4 rings (SSSR count). The highest BCUT2D eigenvalue weighted by molar-refractivity contribution is 7.89. The number of sulfonamides is 1. The molecule has 1 N–H and O–H groups in total. The summed E-state index contributed by atoms with van der Waals surface area (Å²) in [6.07, 6.45) is 3.56. The van der Waals surface area contributed by atoms with Crippen LogP contribution in [0.3, 0.4) is 0 Å². The van der Waals surface area contributed by atoms with Gasteiger partial charge in [0.2, 0.25) is 15.9 Å². The maximum Gasteiger partial charge on any atom is 0.241 e. The van der Waals surface area contributed by atoms with E-state index in [2.05, 4.69) is 18.6 Å². The molecule has 1 atom stereocenters. The number of ether oxygens (including phenoxy) is 1. The van der Waals surface area contributed by atoms with Crippen LogP contribution in [0.1, 0.15) is 57.6 Å². The smallest absolute Gasteiger partial charge is 0.241 e. The zero-order valence-corrected chi connectivity index (χ0v) is 18.2. The third-order valence-corrected chi connectivity index (χ3v) is 7.80. The minimum Gasteiger partial charge on any atom is -0.487 e. The minimum absolute atomic E-state index is 0.0815. The summed E-state index contributed by atoms with van der Waals surface area (Å²) in [6.45, 7) is 4.82. The van der Waals surface area contributed by atoms with Gasteiger partial charge in [0.1, 0.15) is 11.4 Å². The van der Waals surface area contributed by atoms with Gasteiger partial charge >= 0.3 is 0 Å². The van der Waals surface area contributed by atoms with Gasteiger partial charge in [-0.15, -0.1) is 0 Å². The predicted molar refractivity (Wildman–Crippen MR) is 116 cm³/mol. The van der Waals surface area contributed by atoms with Crippen molar-refractivity contribution in [2.24, 2.45) is 0 Å². The molecule has 2 aromatic carbocycles. The van der Waals surface area contributed by atoms with E-state index in [1.165, 1.54) is 0 Å². The van der Waals surface area contributed by atoms with Crippen LogP contribution in [0.25, 0.3) is 0 Å². The van der Waals surface area contributed by atoms with Crippen LogP contribution in [0.2, 0.25) is 0 Å². The second-order valence-corrected chi connectivity index (χ2v) is 9.76. The highest BCUT2D eigenvalue weighted by Gasteiger charge is 2.40. The molecule has 2 aliphatic heterocycles. The monoisotopic (exact) mass is 428 g/mol. The highest BCUT2D eigenvalue weighted by atomic mass is 32.2. The van der Waals surface area contributed by atoms with Crippen LogP contribution >= 0.6 is 0 Å². The first-order valence-electron chi connectivity index (χ1n) is 10.6. The number of rotatable bonds is 6. The zero-order valence-electron chi connectivity index (χ0n) is 17.4. The number of nitrogens with zero attached hydrogens (tertiary/aromatic N) is 1. The van der Waals surface area contributed by atoms with Crippen molar-refractivity contribution < 1.29 is 17.9 Å². The number of para-hydroxylation sites is 1. The first-order valence-corrected chi connectivity index (χ1v) is 12.1. The van der Waals surface area contributed by atoms with E-state index in [0.29, 0.717) is 19.4 Å². The topological polar surface area (TPSA) is 75.7 Å². The molecule has 1 fully saturated rings. The maximum atomic E-state index is 13.2. The first kappa shape index (κ1) is 20.9. The second kappa shape index (κ2) is 8.04. The average molecular weight is 429 g/mol. The summed E-state index contributed by atoms with van der Waals surface area (Å²) in [5.74, 6) is 0.820. The molecule has 6 nitrogen and oxygen atoms in total. The van der Waals surface area contributed by atoms with Crippen LogP contribution in [0.15, 0.2) is 53.4 Å². The van der Waals surface area contributed by atoms with Gasteiger partial charge in [0.25, 0.3) is 0 Å². The van der Waals surface area contributed by atoms with Gasteiger partial charge in [-0.1, -0.05) is 32.0 Å². The SMILES string of the molecule is CCC1(CC)C[C@@H](NS(=O)(=O)c2ccc(N3CCCC3=O)cc2)c2ccccc2O1. The summed E-state index contributed by atoms with van der Waals surface area (Å²) in [7, 11) is -3.73. The van der Waals surface area contributed by atoms with Crippen molar-refractivity contribution in [2.75, 3.05) is 11.4 Å². The Bertz CT molecular complexity index is 1030. The molecule has 2 heterocycles. The van der Waals surface area contributed by atoms with E-state index in [1.807, 2.05) is 24.3 Å². The lowest BCUT2D eigenvalue weighted by Crippen LogP contribution is -2.44. The third-order valence-electron chi connectivity index (χ3n) is 6.32. The molecule has 0 saturated carbocycles. The Morgan fingerprint density at radius 2 is 1.80 bits per heavy atom. The maximum absolute atomic E-state index is 13.2. The Labute approximate surface area is 178 Å². The largest absolute Gasteiger partial charge is 0.487 e. The number of benzene rings is 2. The Morgan fingerprint density at radius 3 is 2.43 bits per heavy atom. The summed E-state index contributed by atoms with van der Waals surface area (Å²) >= 11 is 0. The number of carbonyl (C=O) groups excluding carboxylic acids is 1. The van der Waals surface area contributed by atoms with Crippen LogP contribution in [0.4, 0.5) is 5.69 Å². The normalized spacial score (nSPS) is 20.7. The molecule has 30 heavy (non-hydrogen) atoms. The average Bonchev–Trinajstić information content (AvgIpc) is 3.19. The molecule has 0 bridgehead atoms. The van der Waals surface area contributed by atoms with Gasteiger partial charge in [0.15, 0.2) is 0 Å². The molecule has 0 aliphatic carbocycles. The lowest BCUT2D eigenvalue weighted by molar-refractivity contribution is -0.117. The van der Waals surface area contributed by atoms with Gasteiger partial charge in [-0.05, 0) is 49.6 Å². The quantitative estimate of drug-likeness (QED) is 0.749. The number of hydrogen-bond acceptors (Lipinski definition) is 4. The van der Waals surface area contributed by atoms with Gasteiger partial charge in [-0.25, -0.2) is 13.1 Å². The van der Waals surface area contributed by atoms with Gasteiger partial charge in [0, 0.05) is 30.6 Å². The standard InChI is InChI=1S/C23H28N2O4S/c1-3-23(4-2)16-20(19-8-5-6-9-21(19)29-23)24-30(27,28)18-13-11-17(12-14-18)25-15-7-10-22(25)26/h5-6,8-9,11-14,20,24H,3-4,7,10,15-16H2,1-2H3/t20-/m1/s1. The number of anilines is 1. The Hall–Kier alpha value is -2.38. The van der Waals surface area contributed by atoms with Crippen molar-refractivity contribution >= 4 is 21.6 Å². The van der Waals surface area contributed by atoms with Gasteiger partial charge < -0.3 is 9.64 Å². The molecule has 2 aromatic rings. The Kier molecular flexibility index (Phi) is 5.59. The van der Waals surface area contributed by atoms with E-state index in [1.54, 1.807) is 29.2 Å². The fraction of sp³-hybridized carbons (Fsp3) is 0.435. The molecule has 0 unspecified atom stereocenters. The van der Waals surface area contributed by atoms with Crippen LogP contribution in [-0.4, -0.2) is 26.5 Å². The third kappa shape index (κ3) is 3.84. The van der Waals surface area contributed by atoms with Crippen LogP contribution in [-0.2, 0) is 14.8 Å². The predicted octanol–water partition coefficient (Wildman–Crippen LogP) is 4.17. The molecule has 0 aromatic heterocycles. The summed E-state index contributed by atoms with van der Waals surface area (Å²) in [4.78, 5) is 13.8. The molecule has 1 amide bonds. The molecule has 160 valence electrons. The fourth-order valence-corrected chi connectivity index (χ4v) is 5.60. The summed E-state index contributed by atoms with van der Waals surface area (Å²) < 4.78 is 35.5. The van der Waals surface area contributed by atoms with Gasteiger partial charge in [0.05, 0.1) is 10.9 Å². The van der Waals surface area contributed by atoms with Crippen molar-refractivity contribution in [2.45, 2.75) is 62.5 Å². The fourth-order valence-electron chi connectivity index (χ4n) is 4.39. The summed E-state index contributed by atoms with van der Waals surface area (Å²) in [5.41, 5.74) is 1.21. The lowest BCUT2D eigenvalue weighted by Gasteiger charge is -2.41. The Morgan fingerprint density at radius 1 is 1.10 bits per heavy atom. The molecule has 2 aliphatic rings. The minimum atomic E-state index is -3.73. The van der Waals surface area contributed by atoms with Crippen LogP contribution < -0.4 is 14.4 Å². The van der Waals surface area contributed by atoms with Gasteiger partial charge in [-0.2, -0.15) is 0 Å². The van der Waals surface area contributed by atoms with Crippen molar-refractivity contribution in [3.05, 3.63) is 54.1 Å². The van der Waals surface area contributed by atoms with Gasteiger partial charge in [-0.3, -0.25) is 4.79 Å². The Balaban J connectivity index is 1.60. The number of fused-ring (bicyclic) bond motifs is 1. The van der Waals surface area contributed by atoms with Crippen molar-refractivity contribution in [1.29, 1.82) is 0 Å². The molecule has 0 radical (unpaired) electrons. The number of carbonyl (C=O) groups is 1. The number of nitrogens with one attached hydrogen (secondary N) is 1. The molecule has 1 saturated heterocycles. The van der Waals surface area contributed by atoms with E-state index in [-0.39, 0.29) is 22.4 Å². The molecule has 7 heteroatoms. The van der Waals surface area contributed by atoms with Crippen LogP contribution in [0, 0.1) is 0 Å². The van der Waals surface area contributed by atoms with Crippen molar-refractivity contribution in [3.63, 3.8) is 0 Å². The molecular formula is C23H28N2O4S. The van der Waals surface area contributed by atoms with Crippen molar-refractivity contribution in [1.82, 2.24) is 4.72 Å². The summed E-state index contributed by atoms with van der Waals surface area (Å²) in [5, 5.41) is 0. The molecule has 0 spiro atoms. The van der Waals surface area contributed by atoms with E-state index in [9.17, 15) is 13.2 Å². The van der Waals surface area contributed by atoms with E-state index < -0.39 is 10.0 Å². The van der Waals surface area contributed by atoms with Crippen molar-refractivity contribution in [3.8, 4) is 5.75 Å². The number of amides is 1. The lowest BCUT2D eigenvalue weighted by atomic mass is 9.84. The second-order valence-electron chi connectivity index (χ2n) is 8.05. The van der Waals surface area contributed by atoms with E-state index >= 15 is 0 Å². The molecular weight excluding hydrogens is 400 g/mol. The summed E-state index contributed by atoms with van der Waals surface area (Å²) in [6, 6.07) is 13.8.